The summed E-state index contributed by atoms with van der Waals surface area (Å²) >= 11 is 1.88. The van der Waals surface area contributed by atoms with Gasteiger partial charge in [-0.25, -0.2) is 0 Å². The summed E-state index contributed by atoms with van der Waals surface area (Å²) in [6, 6.07) is 4.42. The van der Waals surface area contributed by atoms with Gasteiger partial charge in [-0.05, 0) is 37.9 Å². The summed E-state index contributed by atoms with van der Waals surface area (Å²) in [5, 5.41) is 3.56. The van der Waals surface area contributed by atoms with E-state index in [1.807, 2.05) is 11.3 Å². The van der Waals surface area contributed by atoms with E-state index in [4.69, 9.17) is 4.74 Å². The molecule has 3 heteroatoms. The lowest BCUT2D eigenvalue weighted by molar-refractivity contribution is 0.0932. The number of hydrogen-bond acceptors (Lipinski definition) is 3. The molecule has 1 saturated heterocycles. The Hall–Kier alpha value is -0.380. The fourth-order valence-electron chi connectivity index (χ4n) is 2.32. The first-order valence-electron chi connectivity index (χ1n) is 6.55. The standard InChI is InChI=1S/C14H23NOS/c1-10(2)8-15-9-12-6-7-16-14(12)13-5-4-11(3)17-13/h4-5,10,12,14-15H,6-9H2,1-3H3. The van der Waals surface area contributed by atoms with Crippen LogP contribution in [0.25, 0.3) is 0 Å². The van der Waals surface area contributed by atoms with E-state index >= 15 is 0 Å². The maximum atomic E-state index is 5.89. The van der Waals surface area contributed by atoms with Gasteiger partial charge in [-0.1, -0.05) is 13.8 Å². The lowest BCUT2D eigenvalue weighted by Crippen LogP contribution is -2.27. The molecule has 2 atom stereocenters. The molecule has 1 aliphatic heterocycles. The van der Waals surface area contributed by atoms with E-state index in [-0.39, 0.29) is 0 Å². The summed E-state index contributed by atoms with van der Waals surface area (Å²) in [6.07, 6.45) is 1.51. The van der Waals surface area contributed by atoms with Gasteiger partial charge in [-0.15, -0.1) is 11.3 Å². The van der Waals surface area contributed by atoms with E-state index in [2.05, 4.69) is 38.2 Å². The summed E-state index contributed by atoms with van der Waals surface area (Å²) in [5.41, 5.74) is 0. The van der Waals surface area contributed by atoms with Gasteiger partial charge in [0, 0.05) is 28.8 Å². The zero-order valence-electron chi connectivity index (χ0n) is 11.0. The quantitative estimate of drug-likeness (QED) is 0.868. The van der Waals surface area contributed by atoms with Crippen LogP contribution < -0.4 is 5.32 Å². The monoisotopic (exact) mass is 253 g/mol. The topological polar surface area (TPSA) is 21.3 Å². The van der Waals surface area contributed by atoms with Gasteiger partial charge in [0.05, 0.1) is 6.10 Å². The van der Waals surface area contributed by atoms with Gasteiger partial charge in [0.15, 0.2) is 0 Å². The van der Waals surface area contributed by atoms with Crippen molar-refractivity contribution in [3.05, 3.63) is 21.9 Å². The summed E-state index contributed by atoms with van der Waals surface area (Å²) in [4.78, 5) is 2.78. The zero-order chi connectivity index (χ0) is 12.3. The molecule has 1 aromatic heterocycles. The molecule has 1 N–H and O–H groups in total. The first kappa shape index (κ1) is 13.1. The van der Waals surface area contributed by atoms with Crippen molar-refractivity contribution in [2.45, 2.75) is 33.3 Å². The molecule has 0 radical (unpaired) electrons. The Kier molecular flexibility index (Phi) is 4.60. The van der Waals surface area contributed by atoms with Gasteiger partial charge in [0.2, 0.25) is 0 Å². The summed E-state index contributed by atoms with van der Waals surface area (Å²) in [6.45, 7) is 9.76. The molecular formula is C14H23NOS. The summed E-state index contributed by atoms with van der Waals surface area (Å²) in [7, 11) is 0. The largest absolute Gasteiger partial charge is 0.372 e. The Balaban J connectivity index is 1.89. The molecule has 2 nitrogen and oxygen atoms in total. The van der Waals surface area contributed by atoms with E-state index in [0.717, 1.165) is 25.6 Å². The van der Waals surface area contributed by atoms with Crippen LogP contribution in [0, 0.1) is 18.8 Å². The molecule has 0 bridgehead atoms. The number of thiophene rings is 1. The molecule has 0 amide bonds. The molecule has 0 spiro atoms. The number of hydrogen-bond donors (Lipinski definition) is 1. The third-order valence-electron chi connectivity index (χ3n) is 3.21. The molecule has 1 aliphatic rings. The van der Waals surface area contributed by atoms with Crippen LogP contribution in [0.5, 0.6) is 0 Å². The Morgan fingerprint density at radius 3 is 2.94 bits per heavy atom. The van der Waals surface area contributed by atoms with Crippen LogP contribution in [0.2, 0.25) is 0 Å². The van der Waals surface area contributed by atoms with Crippen molar-refractivity contribution in [2.75, 3.05) is 19.7 Å². The summed E-state index contributed by atoms with van der Waals surface area (Å²) < 4.78 is 5.89. The molecule has 2 unspecified atom stereocenters. The lowest BCUT2D eigenvalue weighted by Gasteiger charge is -2.18. The van der Waals surface area contributed by atoms with E-state index in [9.17, 15) is 0 Å². The van der Waals surface area contributed by atoms with E-state index in [1.165, 1.54) is 16.2 Å². The first-order valence-corrected chi connectivity index (χ1v) is 7.37. The lowest BCUT2D eigenvalue weighted by atomic mass is 10.00. The van der Waals surface area contributed by atoms with E-state index in [0.29, 0.717) is 12.0 Å². The van der Waals surface area contributed by atoms with Crippen LogP contribution in [-0.2, 0) is 4.74 Å². The molecule has 0 aromatic carbocycles. The van der Waals surface area contributed by atoms with Crippen molar-refractivity contribution in [1.29, 1.82) is 0 Å². The van der Waals surface area contributed by atoms with Crippen molar-refractivity contribution in [3.63, 3.8) is 0 Å². The van der Waals surface area contributed by atoms with Gasteiger partial charge in [-0.3, -0.25) is 0 Å². The van der Waals surface area contributed by atoms with Gasteiger partial charge in [-0.2, -0.15) is 0 Å². The van der Waals surface area contributed by atoms with Crippen LogP contribution in [0.3, 0.4) is 0 Å². The highest BCUT2D eigenvalue weighted by molar-refractivity contribution is 7.12. The second kappa shape index (κ2) is 5.98. The minimum absolute atomic E-state index is 0.327. The highest BCUT2D eigenvalue weighted by atomic mass is 32.1. The normalized spacial score (nSPS) is 24.7. The third kappa shape index (κ3) is 3.54. The molecule has 1 aromatic rings. The average molecular weight is 253 g/mol. The minimum atomic E-state index is 0.327. The van der Waals surface area contributed by atoms with Gasteiger partial charge in [0.1, 0.15) is 0 Å². The molecule has 96 valence electrons. The molecule has 2 rings (SSSR count). The zero-order valence-corrected chi connectivity index (χ0v) is 11.8. The Morgan fingerprint density at radius 1 is 1.47 bits per heavy atom. The Morgan fingerprint density at radius 2 is 2.29 bits per heavy atom. The van der Waals surface area contributed by atoms with Crippen molar-refractivity contribution in [1.82, 2.24) is 5.32 Å². The number of nitrogens with one attached hydrogen (secondary N) is 1. The van der Waals surface area contributed by atoms with Crippen LogP contribution in [-0.4, -0.2) is 19.7 Å². The van der Waals surface area contributed by atoms with Crippen LogP contribution in [0.15, 0.2) is 12.1 Å². The van der Waals surface area contributed by atoms with Crippen molar-refractivity contribution >= 4 is 11.3 Å². The highest BCUT2D eigenvalue weighted by Gasteiger charge is 2.30. The SMILES string of the molecule is Cc1ccc(C2OCCC2CNCC(C)C)s1. The van der Waals surface area contributed by atoms with Gasteiger partial charge in [0.25, 0.3) is 0 Å². The highest BCUT2D eigenvalue weighted by Crippen LogP contribution is 2.37. The van der Waals surface area contributed by atoms with Gasteiger partial charge < -0.3 is 10.1 Å². The van der Waals surface area contributed by atoms with Crippen molar-refractivity contribution < 1.29 is 4.74 Å². The number of aryl methyl sites for hydroxylation is 1. The minimum Gasteiger partial charge on any atom is -0.372 e. The van der Waals surface area contributed by atoms with Crippen LogP contribution in [0.1, 0.15) is 36.1 Å². The number of rotatable bonds is 5. The van der Waals surface area contributed by atoms with E-state index in [1.54, 1.807) is 0 Å². The molecule has 0 saturated carbocycles. The smallest absolute Gasteiger partial charge is 0.0957 e. The third-order valence-corrected chi connectivity index (χ3v) is 4.28. The molecule has 17 heavy (non-hydrogen) atoms. The first-order chi connectivity index (χ1) is 8.16. The average Bonchev–Trinajstić information content (AvgIpc) is 2.86. The van der Waals surface area contributed by atoms with Crippen molar-refractivity contribution in [2.24, 2.45) is 11.8 Å². The Bertz CT molecular complexity index is 348. The molecule has 1 fully saturated rings. The second-order valence-corrected chi connectivity index (χ2v) is 6.66. The van der Waals surface area contributed by atoms with E-state index < -0.39 is 0 Å². The summed E-state index contributed by atoms with van der Waals surface area (Å²) in [5.74, 6) is 1.37. The predicted molar refractivity (Wildman–Crippen MR) is 73.6 cm³/mol. The van der Waals surface area contributed by atoms with Crippen molar-refractivity contribution in [3.8, 4) is 0 Å². The number of ether oxygens (including phenoxy) is 1. The van der Waals surface area contributed by atoms with Crippen LogP contribution >= 0.6 is 11.3 Å². The molecular weight excluding hydrogens is 230 g/mol. The maximum absolute atomic E-state index is 5.89. The Labute approximate surface area is 108 Å². The second-order valence-electron chi connectivity index (χ2n) is 5.34. The maximum Gasteiger partial charge on any atom is 0.0957 e. The predicted octanol–water partition coefficient (Wildman–Crippen LogP) is 3.38. The fraction of sp³-hybridized carbons (Fsp3) is 0.714. The molecule has 2 heterocycles. The molecule has 0 aliphatic carbocycles. The van der Waals surface area contributed by atoms with Gasteiger partial charge >= 0.3 is 0 Å². The van der Waals surface area contributed by atoms with Crippen LogP contribution in [0.4, 0.5) is 0 Å². The fourth-order valence-corrected chi connectivity index (χ4v) is 3.34.